The average molecular weight is 291 g/mol. The van der Waals surface area contributed by atoms with Crippen LogP contribution in [0.15, 0.2) is 18.2 Å². The predicted octanol–water partition coefficient (Wildman–Crippen LogP) is 2.13. The lowest BCUT2D eigenvalue weighted by Crippen LogP contribution is -2.35. The molecule has 5 nitrogen and oxygen atoms in total. The fourth-order valence-electron chi connectivity index (χ4n) is 2.75. The number of hydrogen-bond acceptors (Lipinski definition) is 4. The minimum Gasteiger partial charge on any atom is -0.484 e. The molecule has 0 radical (unpaired) electrons. The second-order valence-electron chi connectivity index (χ2n) is 5.51. The maximum absolute atomic E-state index is 11.7. The lowest BCUT2D eigenvalue weighted by Gasteiger charge is -2.22. The van der Waals surface area contributed by atoms with E-state index in [9.17, 15) is 4.79 Å². The smallest absolute Gasteiger partial charge is 0.281 e. The highest BCUT2D eigenvalue weighted by atomic mass is 16.8. The fraction of sp³-hybridized carbons (Fsp3) is 0.562. The molecule has 1 aliphatic heterocycles. The van der Waals surface area contributed by atoms with Crippen LogP contribution in [0, 0.1) is 0 Å². The molecule has 3 rings (SSSR count). The lowest BCUT2D eigenvalue weighted by atomic mass is 10.1. The van der Waals surface area contributed by atoms with Crippen molar-refractivity contribution in [1.82, 2.24) is 5.48 Å². The number of carbonyl (C=O) groups excluding carboxylic acids is 1. The van der Waals surface area contributed by atoms with Crippen molar-refractivity contribution < 1.29 is 19.1 Å². The molecule has 1 heterocycles. The zero-order chi connectivity index (χ0) is 14.5. The molecule has 0 aromatic heterocycles. The van der Waals surface area contributed by atoms with Gasteiger partial charge in [0.05, 0.1) is 0 Å². The van der Waals surface area contributed by atoms with Gasteiger partial charge in [-0.05, 0) is 55.4 Å². The van der Waals surface area contributed by atoms with E-state index in [2.05, 4.69) is 11.5 Å². The number of hydroxylamine groups is 1. The molecular formula is C16H21NO4. The molecule has 0 saturated carbocycles. The van der Waals surface area contributed by atoms with E-state index in [1.54, 1.807) is 0 Å². The van der Waals surface area contributed by atoms with Crippen molar-refractivity contribution in [3.63, 3.8) is 0 Å². The molecule has 1 saturated heterocycles. The topological polar surface area (TPSA) is 56.8 Å². The van der Waals surface area contributed by atoms with Crippen LogP contribution in [0.4, 0.5) is 0 Å². The molecule has 114 valence electrons. The maximum atomic E-state index is 11.7. The van der Waals surface area contributed by atoms with Crippen LogP contribution in [0.25, 0.3) is 0 Å². The van der Waals surface area contributed by atoms with E-state index in [1.165, 1.54) is 17.5 Å². The zero-order valence-electron chi connectivity index (χ0n) is 12.1. The maximum Gasteiger partial charge on any atom is 0.281 e. The van der Waals surface area contributed by atoms with Gasteiger partial charge >= 0.3 is 0 Å². The van der Waals surface area contributed by atoms with Gasteiger partial charge in [-0.25, -0.2) is 10.3 Å². The number of hydrogen-bond donors (Lipinski definition) is 1. The first-order valence-corrected chi connectivity index (χ1v) is 7.62. The Kier molecular flexibility index (Phi) is 4.72. The molecule has 1 aliphatic carbocycles. The summed E-state index contributed by atoms with van der Waals surface area (Å²) in [7, 11) is 0. The van der Waals surface area contributed by atoms with Gasteiger partial charge < -0.3 is 9.47 Å². The summed E-state index contributed by atoms with van der Waals surface area (Å²) < 4.78 is 10.9. The third-order valence-electron chi connectivity index (χ3n) is 3.88. The normalized spacial score (nSPS) is 20.9. The summed E-state index contributed by atoms with van der Waals surface area (Å²) in [6.45, 7) is 0.637. The molecule has 2 aliphatic rings. The summed E-state index contributed by atoms with van der Waals surface area (Å²) >= 11 is 0. The Morgan fingerprint density at radius 2 is 2.14 bits per heavy atom. The second kappa shape index (κ2) is 6.91. The zero-order valence-corrected chi connectivity index (χ0v) is 12.1. The van der Waals surface area contributed by atoms with Crippen LogP contribution in [0.3, 0.4) is 0 Å². The Morgan fingerprint density at radius 3 is 3.00 bits per heavy atom. The predicted molar refractivity (Wildman–Crippen MR) is 76.8 cm³/mol. The highest BCUT2D eigenvalue weighted by Crippen LogP contribution is 2.25. The number of carbonyl (C=O) groups is 1. The number of nitrogens with one attached hydrogen (secondary N) is 1. The van der Waals surface area contributed by atoms with Gasteiger partial charge in [0.2, 0.25) is 0 Å². The van der Waals surface area contributed by atoms with E-state index in [0.29, 0.717) is 6.61 Å². The Labute approximate surface area is 124 Å². The van der Waals surface area contributed by atoms with Crippen LogP contribution in [0.2, 0.25) is 0 Å². The summed E-state index contributed by atoms with van der Waals surface area (Å²) in [6.07, 6.45) is 6.04. The van der Waals surface area contributed by atoms with Crippen molar-refractivity contribution in [2.24, 2.45) is 0 Å². The number of rotatable bonds is 5. The number of amides is 1. The molecule has 1 unspecified atom stereocenters. The van der Waals surface area contributed by atoms with Crippen LogP contribution in [0.5, 0.6) is 5.75 Å². The molecule has 1 aromatic rings. The van der Waals surface area contributed by atoms with Crippen molar-refractivity contribution in [1.29, 1.82) is 0 Å². The van der Waals surface area contributed by atoms with Gasteiger partial charge in [0.25, 0.3) is 5.91 Å². The molecule has 21 heavy (non-hydrogen) atoms. The first-order valence-electron chi connectivity index (χ1n) is 7.62. The minimum absolute atomic E-state index is 0.0501. The molecule has 0 spiro atoms. The van der Waals surface area contributed by atoms with Gasteiger partial charge in [-0.15, -0.1) is 0 Å². The summed E-state index contributed by atoms with van der Waals surface area (Å²) in [6, 6.07) is 6.03. The van der Waals surface area contributed by atoms with Crippen LogP contribution in [-0.2, 0) is 27.2 Å². The number of fused-ring (bicyclic) bond motifs is 1. The number of aryl methyl sites for hydroxylation is 2. The fourth-order valence-corrected chi connectivity index (χ4v) is 2.75. The van der Waals surface area contributed by atoms with E-state index in [1.807, 2.05) is 12.1 Å². The van der Waals surface area contributed by atoms with Crippen LogP contribution < -0.4 is 10.2 Å². The standard InChI is InChI=1S/C16H21NO4/c18-15(17-21-16-6-1-2-9-19-16)11-20-14-8-7-12-4-3-5-13(12)10-14/h7-8,10,16H,1-6,9,11H2,(H,17,18). The summed E-state index contributed by atoms with van der Waals surface area (Å²) in [5.41, 5.74) is 5.11. The van der Waals surface area contributed by atoms with Crippen molar-refractivity contribution in [3.05, 3.63) is 29.3 Å². The van der Waals surface area contributed by atoms with Gasteiger partial charge in [0, 0.05) is 13.0 Å². The summed E-state index contributed by atoms with van der Waals surface area (Å²) in [5.74, 6) is 0.435. The van der Waals surface area contributed by atoms with E-state index < -0.39 is 0 Å². The SMILES string of the molecule is O=C(COc1ccc2c(c1)CCC2)NOC1CCCCO1. The molecule has 1 atom stereocenters. The Bertz CT molecular complexity index is 497. The number of ether oxygens (including phenoxy) is 2. The van der Waals surface area contributed by atoms with Crippen molar-refractivity contribution in [2.45, 2.75) is 44.8 Å². The quantitative estimate of drug-likeness (QED) is 0.844. The van der Waals surface area contributed by atoms with E-state index in [4.69, 9.17) is 14.3 Å². The summed E-state index contributed by atoms with van der Waals surface area (Å²) in [4.78, 5) is 16.9. The summed E-state index contributed by atoms with van der Waals surface area (Å²) in [5, 5.41) is 0. The minimum atomic E-state index is -0.331. The van der Waals surface area contributed by atoms with Crippen LogP contribution in [-0.4, -0.2) is 25.4 Å². The highest BCUT2D eigenvalue weighted by Gasteiger charge is 2.16. The van der Waals surface area contributed by atoms with Gasteiger partial charge in [0.15, 0.2) is 12.9 Å². The highest BCUT2D eigenvalue weighted by molar-refractivity contribution is 5.76. The molecule has 1 fully saturated rings. The largest absolute Gasteiger partial charge is 0.484 e. The van der Waals surface area contributed by atoms with Crippen molar-refractivity contribution in [3.8, 4) is 5.75 Å². The molecule has 1 aromatic carbocycles. The van der Waals surface area contributed by atoms with Crippen molar-refractivity contribution >= 4 is 5.91 Å². The lowest BCUT2D eigenvalue weighted by molar-refractivity contribution is -0.201. The van der Waals surface area contributed by atoms with Gasteiger partial charge in [0.1, 0.15) is 5.75 Å². The molecular weight excluding hydrogens is 270 g/mol. The Morgan fingerprint density at radius 1 is 1.24 bits per heavy atom. The monoisotopic (exact) mass is 291 g/mol. The average Bonchev–Trinajstić information content (AvgIpc) is 2.99. The third kappa shape index (κ3) is 3.95. The molecule has 1 amide bonds. The first kappa shape index (κ1) is 14.4. The van der Waals surface area contributed by atoms with Crippen molar-refractivity contribution in [2.75, 3.05) is 13.2 Å². The van der Waals surface area contributed by atoms with Gasteiger partial charge in [-0.2, -0.15) is 0 Å². The van der Waals surface area contributed by atoms with E-state index in [0.717, 1.165) is 37.9 Å². The third-order valence-corrected chi connectivity index (χ3v) is 3.88. The van der Waals surface area contributed by atoms with Crippen LogP contribution in [0.1, 0.15) is 36.8 Å². The van der Waals surface area contributed by atoms with Gasteiger partial charge in [-0.1, -0.05) is 6.07 Å². The van der Waals surface area contributed by atoms with E-state index >= 15 is 0 Å². The molecule has 0 bridgehead atoms. The second-order valence-corrected chi connectivity index (χ2v) is 5.51. The first-order chi connectivity index (χ1) is 10.3. The van der Waals surface area contributed by atoms with E-state index in [-0.39, 0.29) is 18.8 Å². The van der Waals surface area contributed by atoms with Gasteiger partial charge in [-0.3, -0.25) is 4.79 Å². The number of benzene rings is 1. The van der Waals surface area contributed by atoms with Crippen LogP contribution >= 0.6 is 0 Å². The Balaban J connectivity index is 1.41. The molecule has 5 heteroatoms. The molecule has 1 N–H and O–H groups in total. The Hall–Kier alpha value is -1.59.